The molecule has 1 heterocycles. The number of phenolic OH excluding ortho intramolecular Hbond substituents is 1. The summed E-state index contributed by atoms with van der Waals surface area (Å²) in [6.07, 6.45) is 2.37. The SMILES string of the molecule is CCc1c(COc2ccc(/C=C3\SC(=S)NC3=O)cc2)ccc(C(C)=O)c1O. The number of phenols is 1. The van der Waals surface area contributed by atoms with Crippen LogP contribution in [-0.4, -0.2) is 21.1 Å². The number of aromatic hydroxyl groups is 1. The van der Waals surface area contributed by atoms with E-state index < -0.39 is 0 Å². The van der Waals surface area contributed by atoms with E-state index in [0.717, 1.165) is 11.1 Å². The predicted octanol–water partition coefficient (Wildman–Crippen LogP) is 4.23. The molecule has 1 amide bonds. The van der Waals surface area contributed by atoms with Crippen molar-refractivity contribution in [3.63, 3.8) is 0 Å². The zero-order chi connectivity index (χ0) is 20.3. The molecule has 144 valence electrons. The van der Waals surface area contributed by atoms with Crippen molar-refractivity contribution in [2.75, 3.05) is 0 Å². The fraction of sp³-hybridized carbons (Fsp3) is 0.190. The van der Waals surface area contributed by atoms with Gasteiger partial charge in [-0.3, -0.25) is 9.59 Å². The van der Waals surface area contributed by atoms with Crippen LogP contribution in [0.25, 0.3) is 6.08 Å². The number of benzene rings is 2. The van der Waals surface area contributed by atoms with Gasteiger partial charge in [-0.15, -0.1) is 0 Å². The predicted molar refractivity (Wildman–Crippen MR) is 115 cm³/mol. The van der Waals surface area contributed by atoms with Gasteiger partial charge in [0.2, 0.25) is 0 Å². The Morgan fingerprint density at radius 2 is 1.96 bits per heavy atom. The van der Waals surface area contributed by atoms with E-state index >= 15 is 0 Å². The van der Waals surface area contributed by atoms with Crippen molar-refractivity contribution in [1.29, 1.82) is 0 Å². The summed E-state index contributed by atoms with van der Waals surface area (Å²) in [5.41, 5.74) is 2.75. The van der Waals surface area contributed by atoms with Gasteiger partial charge in [0.15, 0.2) is 5.78 Å². The zero-order valence-electron chi connectivity index (χ0n) is 15.4. The maximum absolute atomic E-state index is 11.7. The van der Waals surface area contributed by atoms with E-state index in [2.05, 4.69) is 5.32 Å². The fourth-order valence-corrected chi connectivity index (χ4v) is 3.93. The minimum Gasteiger partial charge on any atom is -0.507 e. The van der Waals surface area contributed by atoms with Gasteiger partial charge in [-0.05, 0) is 48.7 Å². The Balaban J connectivity index is 1.71. The van der Waals surface area contributed by atoms with Crippen LogP contribution in [0.2, 0.25) is 0 Å². The van der Waals surface area contributed by atoms with Crippen molar-refractivity contribution < 1.29 is 19.4 Å². The van der Waals surface area contributed by atoms with E-state index in [4.69, 9.17) is 17.0 Å². The molecule has 1 aliphatic rings. The van der Waals surface area contributed by atoms with Crippen molar-refractivity contribution in [2.45, 2.75) is 26.9 Å². The van der Waals surface area contributed by atoms with Crippen molar-refractivity contribution in [3.05, 3.63) is 63.6 Å². The Hall–Kier alpha value is -2.64. The lowest BCUT2D eigenvalue weighted by Crippen LogP contribution is -2.17. The number of carbonyl (C=O) groups excluding carboxylic acids is 2. The van der Waals surface area contributed by atoms with Crippen LogP contribution >= 0.6 is 24.0 Å². The fourth-order valence-electron chi connectivity index (χ4n) is 2.89. The largest absolute Gasteiger partial charge is 0.507 e. The van der Waals surface area contributed by atoms with Crippen molar-refractivity contribution in [1.82, 2.24) is 5.32 Å². The summed E-state index contributed by atoms with van der Waals surface area (Å²) in [6, 6.07) is 10.8. The van der Waals surface area contributed by atoms with Crippen LogP contribution in [0, 0.1) is 0 Å². The molecule has 0 atom stereocenters. The van der Waals surface area contributed by atoms with E-state index in [1.807, 2.05) is 37.3 Å². The maximum Gasteiger partial charge on any atom is 0.263 e. The summed E-state index contributed by atoms with van der Waals surface area (Å²) in [5, 5.41) is 12.9. The van der Waals surface area contributed by atoms with Crippen molar-refractivity contribution >= 4 is 46.1 Å². The first kappa shape index (κ1) is 20.1. The van der Waals surface area contributed by atoms with E-state index in [9.17, 15) is 14.7 Å². The van der Waals surface area contributed by atoms with E-state index in [1.54, 1.807) is 12.1 Å². The summed E-state index contributed by atoms with van der Waals surface area (Å²) in [7, 11) is 0. The molecule has 1 fully saturated rings. The van der Waals surface area contributed by atoms with Gasteiger partial charge in [-0.1, -0.05) is 49.1 Å². The smallest absolute Gasteiger partial charge is 0.263 e. The quantitative estimate of drug-likeness (QED) is 0.419. The average Bonchev–Trinajstić information content (AvgIpc) is 2.97. The number of ether oxygens (including phenoxy) is 1. The molecular formula is C21H19NO4S2. The highest BCUT2D eigenvalue weighted by Gasteiger charge is 2.21. The lowest BCUT2D eigenvalue weighted by atomic mass is 9.99. The number of thiocarbonyl (C=S) groups is 1. The van der Waals surface area contributed by atoms with Gasteiger partial charge in [0, 0.05) is 5.56 Å². The van der Waals surface area contributed by atoms with Crippen LogP contribution in [0.1, 0.15) is 40.9 Å². The Labute approximate surface area is 172 Å². The molecule has 1 aliphatic heterocycles. The van der Waals surface area contributed by atoms with Gasteiger partial charge < -0.3 is 15.2 Å². The molecule has 1 saturated heterocycles. The van der Waals surface area contributed by atoms with Crippen LogP contribution in [0.5, 0.6) is 11.5 Å². The van der Waals surface area contributed by atoms with Gasteiger partial charge in [-0.25, -0.2) is 0 Å². The summed E-state index contributed by atoms with van der Waals surface area (Å²) in [5.74, 6) is 0.345. The summed E-state index contributed by atoms with van der Waals surface area (Å²) >= 11 is 6.22. The van der Waals surface area contributed by atoms with Crippen LogP contribution in [0.4, 0.5) is 0 Å². The molecule has 0 spiro atoms. The number of hydrogen-bond acceptors (Lipinski definition) is 6. The average molecular weight is 414 g/mol. The first-order valence-corrected chi connectivity index (χ1v) is 9.94. The highest BCUT2D eigenvalue weighted by Crippen LogP contribution is 2.29. The zero-order valence-corrected chi connectivity index (χ0v) is 17.1. The molecule has 7 heteroatoms. The Morgan fingerprint density at radius 3 is 2.54 bits per heavy atom. The highest BCUT2D eigenvalue weighted by molar-refractivity contribution is 8.26. The summed E-state index contributed by atoms with van der Waals surface area (Å²) in [6.45, 7) is 3.64. The summed E-state index contributed by atoms with van der Waals surface area (Å²) in [4.78, 5) is 23.9. The molecule has 5 nitrogen and oxygen atoms in total. The molecule has 0 aliphatic carbocycles. The second kappa shape index (κ2) is 8.58. The standard InChI is InChI=1S/C21H19NO4S2/c1-3-16-14(6-9-17(12(2)23)19(16)24)11-26-15-7-4-13(5-8-15)10-18-20(25)22-21(27)28-18/h4-10,24H,3,11H2,1-2H3,(H,22,25,27)/b18-10-. The molecule has 0 aromatic heterocycles. The number of hydrogen-bond donors (Lipinski definition) is 2. The van der Waals surface area contributed by atoms with E-state index in [0.29, 0.717) is 32.5 Å². The number of thioether (sulfide) groups is 1. The first-order chi connectivity index (χ1) is 13.4. The van der Waals surface area contributed by atoms with Crippen molar-refractivity contribution in [2.24, 2.45) is 0 Å². The van der Waals surface area contributed by atoms with Gasteiger partial charge >= 0.3 is 0 Å². The normalized spacial score (nSPS) is 15.0. The number of amides is 1. The highest BCUT2D eigenvalue weighted by atomic mass is 32.2. The molecular weight excluding hydrogens is 394 g/mol. The molecule has 2 aromatic rings. The second-order valence-corrected chi connectivity index (χ2v) is 7.94. The van der Waals surface area contributed by atoms with Crippen LogP contribution in [-0.2, 0) is 17.8 Å². The van der Waals surface area contributed by atoms with E-state index in [1.165, 1.54) is 18.7 Å². The number of nitrogens with one attached hydrogen (secondary N) is 1. The molecule has 2 aromatic carbocycles. The third-order valence-electron chi connectivity index (χ3n) is 4.33. The van der Waals surface area contributed by atoms with E-state index in [-0.39, 0.29) is 24.0 Å². The van der Waals surface area contributed by atoms with Gasteiger partial charge in [-0.2, -0.15) is 0 Å². The Morgan fingerprint density at radius 1 is 1.25 bits per heavy atom. The van der Waals surface area contributed by atoms with Crippen LogP contribution in [0.3, 0.4) is 0 Å². The lowest BCUT2D eigenvalue weighted by Gasteiger charge is -2.14. The summed E-state index contributed by atoms with van der Waals surface area (Å²) < 4.78 is 6.29. The minimum atomic E-state index is -0.184. The molecule has 2 N–H and O–H groups in total. The third-order valence-corrected chi connectivity index (χ3v) is 5.49. The molecule has 28 heavy (non-hydrogen) atoms. The molecule has 3 rings (SSSR count). The molecule has 0 unspecified atom stereocenters. The van der Waals surface area contributed by atoms with Crippen LogP contribution < -0.4 is 10.1 Å². The third kappa shape index (κ3) is 4.43. The molecule has 0 bridgehead atoms. The first-order valence-electron chi connectivity index (χ1n) is 8.71. The number of ketones is 1. The van der Waals surface area contributed by atoms with Crippen LogP contribution in [0.15, 0.2) is 41.3 Å². The van der Waals surface area contributed by atoms with Gasteiger partial charge in [0.25, 0.3) is 5.91 Å². The van der Waals surface area contributed by atoms with Gasteiger partial charge in [0.1, 0.15) is 22.4 Å². The maximum atomic E-state index is 11.7. The minimum absolute atomic E-state index is 0.0309. The molecule has 0 saturated carbocycles. The van der Waals surface area contributed by atoms with Gasteiger partial charge in [0.05, 0.1) is 10.5 Å². The Bertz CT molecular complexity index is 981. The number of rotatable bonds is 6. The number of Topliss-reactive ketones (excluding diaryl/α,β-unsaturated/α-hetero) is 1. The number of carbonyl (C=O) groups is 2. The topological polar surface area (TPSA) is 75.6 Å². The monoisotopic (exact) mass is 413 g/mol. The lowest BCUT2D eigenvalue weighted by molar-refractivity contribution is -0.115. The molecule has 0 radical (unpaired) electrons. The Kier molecular flexibility index (Phi) is 6.16. The van der Waals surface area contributed by atoms with Crippen molar-refractivity contribution in [3.8, 4) is 11.5 Å². The second-order valence-electron chi connectivity index (χ2n) is 6.22.